The van der Waals surface area contributed by atoms with E-state index in [2.05, 4.69) is 0 Å². The van der Waals surface area contributed by atoms with Crippen molar-refractivity contribution >= 4 is 17.4 Å². The fourth-order valence-corrected chi connectivity index (χ4v) is 2.02. The number of ketones is 1. The highest BCUT2D eigenvalue weighted by Crippen LogP contribution is 2.24. The Bertz CT molecular complexity index is 636. The summed E-state index contributed by atoms with van der Waals surface area (Å²) >= 11 is 5.97. The quantitative estimate of drug-likeness (QED) is 0.796. The first-order valence-electron chi connectivity index (χ1n) is 5.82. The van der Waals surface area contributed by atoms with Gasteiger partial charge in [0.25, 0.3) is 0 Å². The third-order valence-electron chi connectivity index (χ3n) is 2.85. The molecule has 0 heterocycles. The van der Waals surface area contributed by atoms with E-state index in [1.807, 2.05) is 0 Å². The number of halogens is 3. The number of benzene rings is 2. The van der Waals surface area contributed by atoms with Crippen molar-refractivity contribution in [2.24, 2.45) is 0 Å². The smallest absolute Gasteiger partial charge is 0.173 e. The summed E-state index contributed by atoms with van der Waals surface area (Å²) in [4.78, 5) is 12.0. The van der Waals surface area contributed by atoms with Crippen molar-refractivity contribution in [3.63, 3.8) is 0 Å². The van der Waals surface area contributed by atoms with Crippen LogP contribution in [0.4, 0.5) is 8.78 Å². The molecule has 0 unspecified atom stereocenters. The fraction of sp³-hybridized carbons (Fsp3) is 0.133. The lowest BCUT2D eigenvalue weighted by molar-refractivity contribution is 0.0985. The number of methoxy groups -OCH3 is 1. The first-order valence-corrected chi connectivity index (χ1v) is 6.20. The molecule has 2 aromatic carbocycles. The van der Waals surface area contributed by atoms with Crippen LogP contribution >= 0.6 is 11.6 Å². The molecule has 104 valence electrons. The minimum absolute atomic E-state index is 0.201. The Kier molecular flexibility index (Phi) is 4.35. The average molecular weight is 297 g/mol. The zero-order valence-corrected chi connectivity index (χ0v) is 11.4. The maximum atomic E-state index is 13.5. The van der Waals surface area contributed by atoms with Gasteiger partial charge in [0.05, 0.1) is 12.7 Å². The normalized spacial score (nSPS) is 10.4. The minimum Gasteiger partial charge on any atom is -0.497 e. The van der Waals surface area contributed by atoms with Gasteiger partial charge in [0, 0.05) is 11.4 Å². The number of rotatable bonds is 4. The monoisotopic (exact) mass is 296 g/mol. The van der Waals surface area contributed by atoms with E-state index < -0.39 is 23.0 Å². The topological polar surface area (TPSA) is 26.3 Å². The molecule has 0 atom stereocenters. The van der Waals surface area contributed by atoms with Crippen molar-refractivity contribution in [2.45, 2.75) is 6.42 Å². The Morgan fingerprint density at radius 1 is 1.20 bits per heavy atom. The largest absolute Gasteiger partial charge is 0.497 e. The van der Waals surface area contributed by atoms with Gasteiger partial charge >= 0.3 is 0 Å². The number of hydrogen-bond acceptors (Lipinski definition) is 2. The van der Waals surface area contributed by atoms with E-state index in [-0.39, 0.29) is 6.42 Å². The molecule has 0 radical (unpaired) electrons. The van der Waals surface area contributed by atoms with Crippen LogP contribution in [-0.4, -0.2) is 12.9 Å². The van der Waals surface area contributed by atoms with E-state index in [0.717, 1.165) is 12.1 Å². The molecule has 0 spiro atoms. The molecule has 2 rings (SSSR count). The lowest BCUT2D eigenvalue weighted by atomic mass is 10.0. The van der Waals surface area contributed by atoms with Crippen LogP contribution in [0.2, 0.25) is 5.02 Å². The van der Waals surface area contributed by atoms with Crippen LogP contribution in [-0.2, 0) is 6.42 Å². The van der Waals surface area contributed by atoms with Crippen LogP contribution in [0.1, 0.15) is 15.9 Å². The molecule has 0 amide bonds. The van der Waals surface area contributed by atoms with Gasteiger partial charge in [0.2, 0.25) is 0 Å². The van der Waals surface area contributed by atoms with Gasteiger partial charge in [-0.25, -0.2) is 8.78 Å². The van der Waals surface area contributed by atoms with Gasteiger partial charge in [0.15, 0.2) is 5.78 Å². The summed E-state index contributed by atoms with van der Waals surface area (Å²) in [5.74, 6) is -1.91. The molecule has 0 N–H and O–H groups in total. The first kappa shape index (κ1) is 14.5. The highest BCUT2D eigenvalue weighted by atomic mass is 35.5. The lowest BCUT2D eigenvalue weighted by Gasteiger charge is -2.08. The molecule has 5 heteroatoms. The van der Waals surface area contributed by atoms with Crippen molar-refractivity contribution in [2.75, 3.05) is 7.11 Å². The first-order chi connectivity index (χ1) is 9.52. The number of Topliss-reactive ketones (excluding diaryl/α,β-unsaturated/α-hetero) is 1. The van der Waals surface area contributed by atoms with Crippen LogP contribution < -0.4 is 4.74 Å². The maximum absolute atomic E-state index is 13.5. The van der Waals surface area contributed by atoms with Gasteiger partial charge in [0.1, 0.15) is 17.4 Å². The van der Waals surface area contributed by atoms with Crippen LogP contribution in [0.3, 0.4) is 0 Å². The number of hydrogen-bond donors (Lipinski definition) is 0. The van der Waals surface area contributed by atoms with E-state index in [1.165, 1.54) is 13.2 Å². The van der Waals surface area contributed by atoms with Crippen molar-refractivity contribution in [1.29, 1.82) is 0 Å². The van der Waals surface area contributed by atoms with Gasteiger partial charge in [-0.2, -0.15) is 0 Å². The molecule has 0 aliphatic rings. The summed E-state index contributed by atoms with van der Waals surface area (Å²) in [7, 11) is 1.48. The van der Waals surface area contributed by atoms with E-state index in [1.54, 1.807) is 18.2 Å². The molecule has 0 fully saturated rings. The molecule has 2 nitrogen and oxygen atoms in total. The van der Waals surface area contributed by atoms with Crippen molar-refractivity contribution in [3.05, 3.63) is 64.2 Å². The van der Waals surface area contributed by atoms with Crippen LogP contribution in [0.15, 0.2) is 36.4 Å². The SMILES string of the molecule is COc1ccc(Cl)c(CC(=O)c2c(F)cccc2F)c1. The predicted octanol–water partition coefficient (Wildman–Crippen LogP) is 4.05. The average Bonchev–Trinajstić information content (AvgIpc) is 2.41. The van der Waals surface area contributed by atoms with Gasteiger partial charge in [-0.3, -0.25) is 4.79 Å². The van der Waals surface area contributed by atoms with Crippen molar-refractivity contribution in [1.82, 2.24) is 0 Å². The Morgan fingerprint density at radius 3 is 2.45 bits per heavy atom. The molecule has 20 heavy (non-hydrogen) atoms. The van der Waals surface area contributed by atoms with E-state index in [9.17, 15) is 13.6 Å². The van der Waals surface area contributed by atoms with Crippen molar-refractivity contribution in [3.8, 4) is 5.75 Å². The summed E-state index contributed by atoms with van der Waals surface area (Å²) in [6, 6.07) is 8.08. The third-order valence-corrected chi connectivity index (χ3v) is 3.21. The van der Waals surface area contributed by atoms with Gasteiger partial charge in [-0.1, -0.05) is 17.7 Å². The molecule has 0 saturated carbocycles. The second-order valence-electron chi connectivity index (χ2n) is 4.15. The molecule has 0 aromatic heterocycles. The second kappa shape index (κ2) is 6.01. The summed E-state index contributed by atoms with van der Waals surface area (Å²) in [5.41, 5.74) is -0.0925. The standard InChI is InChI=1S/C15H11ClF2O2/c1-20-10-5-6-11(16)9(7-10)8-14(19)15-12(17)3-2-4-13(15)18/h2-7H,8H2,1H3. The molecular weight excluding hydrogens is 286 g/mol. The minimum atomic E-state index is -0.881. The number of ether oxygens (including phenoxy) is 1. The summed E-state index contributed by atoms with van der Waals surface area (Å²) in [5, 5.41) is 0.343. The molecule has 2 aromatic rings. The molecule has 0 aliphatic carbocycles. The Morgan fingerprint density at radius 2 is 1.85 bits per heavy atom. The number of carbonyl (C=O) groups is 1. The summed E-state index contributed by atoms with van der Waals surface area (Å²) < 4.78 is 32.1. The highest BCUT2D eigenvalue weighted by Gasteiger charge is 2.18. The number of carbonyl (C=O) groups excluding carboxylic acids is 1. The van der Waals surface area contributed by atoms with E-state index >= 15 is 0 Å². The van der Waals surface area contributed by atoms with E-state index in [4.69, 9.17) is 16.3 Å². The Balaban J connectivity index is 2.33. The predicted molar refractivity (Wildman–Crippen MR) is 72.4 cm³/mol. The molecule has 0 saturated heterocycles. The van der Waals surface area contributed by atoms with Crippen LogP contribution in [0, 0.1) is 11.6 Å². The fourth-order valence-electron chi connectivity index (χ4n) is 1.84. The van der Waals surface area contributed by atoms with E-state index in [0.29, 0.717) is 16.3 Å². The summed E-state index contributed by atoms with van der Waals surface area (Å²) in [6.07, 6.45) is -0.201. The lowest BCUT2D eigenvalue weighted by Crippen LogP contribution is -2.09. The maximum Gasteiger partial charge on any atom is 0.173 e. The zero-order valence-electron chi connectivity index (χ0n) is 10.6. The van der Waals surface area contributed by atoms with Gasteiger partial charge in [-0.15, -0.1) is 0 Å². The second-order valence-corrected chi connectivity index (χ2v) is 4.56. The zero-order chi connectivity index (χ0) is 14.7. The Hall–Kier alpha value is -1.94. The van der Waals surface area contributed by atoms with Crippen LogP contribution in [0.25, 0.3) is 0 Å². The third kappa shape index (κ3) is 2.96. The molecule has 0 bridgehead atoms. The highest BCUT2D eigenvalue weighted by molar-refractivity contribution is 6.31. The molecular formula is C15H11ClF2O2. The van der Waals surface area contributed by atoms with Gasteiger partial charge in [-0.05, 0) is 35.9 Å². The molecule has 0 aliphatic heterocycles. The van der Waals surface area contributed by atoms with Crippen molar-refractivity contribution < 1.29 is 18.3 Å². The van der Waals surface area contributed by atoms with Gasteiger partial charge < -0.3 is 4.74 Å². The Labute approximate surface area is 119 Å². The summed E-state index contributed by atoms with van der Waals surface area (Å²) in [6.45, 7) is 0. The van der Waals surface area contributed by atoms with Crippen LogP contribution in [0.5, 0.6) is 5.75 Å².